The molecule has 0 spiro atoms. The van der Waals surface area contributed by atoms with Crippen molar-refractivity contribution < 1.29 is 55.6 Å². The first-order valence-corrected chi connectivity index (χ1v) is 9.89. The molecule has 1 aromatic rings. The normalized spacial score (nSPS) is 30.6. The van der Waals surface area contributed by atoms with Crippen LogP contribution in [0, 0.1) is 11.8 Å². The van der Waals surface area contributed by atoms with Crippen LogP contribution in [0.3, 0.4) is 0 Å². The van der Waals surface area contributed by atoms with Crippen LogP contribution in [-0.2, 0) is 19.1 Å². The van der Waals surface area contributed by atoms with Crippen LogP contribution < -0.4 is 5.32 Å². The molecule has 1 heterocycles. The van der Waals surface area contributed by atoms with Crippen LogP contribution in [0.1, 0.15) is 25.3 Å². The van der Waals surface area contributed by atoms with Crippen LogP contribution in [0.2, 0.25) is 5.02 Å². The lowest BCUT2D eigenvalue weighted by atomic mass is 9.64. The van der Waals surface area contributed by atoms with Crippen molar-refractivity contribution in [2.45, 2.75) is 43.6 Å². The quantitative estimate of drug-likeness (QED) is 0.416. The van der Waals surface area contributed by atoms with Gasteiger partial charge in [0.1, 0.15) is 11.8 Å². The molecule has 0 saturated carbocycles. The standard InChI is InChI=1S/C19H20ClF6NO6/c1-3-32-14(28)12-11(9-7-5-6-8-10(9)20)13(15(29)33-4-2)17(31,19(24,25)26)27-16(12,30)18(21,22)23/h5-8,11-13,27,30-31H,3-4H2,1-2H3/t11?,12-,13+,16-,17-/m1/s1. The van der Waals surface area contributed by atoms with Gasteiger partial charge < -0.3 is 19.7 Å². The van der Waals surface area contributed by atoms with Crippen LogP contribution in [0.25, 0.3) is 0 Å². The van der Waals surface area contributed by atoms with E-state index >= 15 is 0 Å². The highest BCUT2D eigenvalue weighted by Gasteiger charge is 2.78. The summed E-state index contributed by atoms with van der Waals surface area (Å²) in [6, 6.07) is 4.51. The fraction of sp³-hybridized carbons (Fsp3) is 0.579. The Morgan fingerprint density at radius 3 is 1.67 bits per heavy atom. The molecule has 1 unspecified atom stereocenters. The highest BCUT2D eigenvalue weighted by Crippen LogP contribution is 2.56. The third-order valence-electron chi connectivity index (χ3n) is 5.21. The number of hydrogen-bond acceptors (Lipinski definition) is 7. The van der Waals surface area contributed by atoms with Gasteiger partial charge in [-0.15, -0.1) is 0 Å². The van der Waals surface area contributed by atoms with Crippen molar-refractivity contribution in [2.24, 2.45) is 11.8 Å². The van der Waals surface area contributed by atoms with Gasteiger partial charge >= 0.3 is 24.3 Å². The molecule has 0 aromatic heterocycles. The average Bonchev–Trinajstić information content (AvgIpc) is 2.66. The molecule has 0 radical (unpaired) electrons. The SMILES string of the molecule is CCOC(=O)[C@@H]1C(c2ccccc2Cl)[C@H](C(=O)OCC)[C@@](O)(C(F)(F)F)N[C@]1(O)C(F)(F)F. The monoisotopic (exact) mass is 507 g/mol. The van der Waals surface area contributed by atoms with Crippen molar-refractivity contribution in [2.75, 3.05) is 13.2 Å². The maximum absolute atomic E-state index is 14.0. The zero-order valence-corrected chi connectivity index (χ0v) is 17.9. The Morgan fingerprint density at radius 2 is 1.33 bits per heavy atom. The van der Waals surface area contributed by atoms with Crippen LogP contribution in [0.5, 0.6) is 0 Å². The molecule has 0 bridgehead atoms. The third-order valence-corrected chi connectivity index (χ3v) is 5.55. The summed E-state index contributed by atoms with van der Waals surface area (Å²) in [4.78, 5) is 25.3. The van der Waals surface area contributed by atoms with E-state index in [1.54, 1.807) is 0 Å². The van der Waals surface area contributed by atoms with E-state index in [1.165, 1.54) is 26.0 Å². The van der Waals surface area contributed by atoms with Gasteiger partial charge in [-0.3, -0.25) is 9.59 Å². The fourth-order valence-electron chi connectivity index (χ4n) is 3.86. The Labute approximate surface area is 188 Å². The van der Waals surface area contributed by atoms with E-state index in [0.29, 0.717) is 5.32 Å². The number of aliphatic hydroxyl groups is 2. The van der Waals surface area contributed by atoms with Crippen molar-refractivity contribution in [3.05, 3.63) is 34.9 Å². The number of benzene rings is 1. The van der Waals surface area contributed by atoms with Gasteiger partial charge in [0.25, 0.3) is 0 Å². The number of hydrogen-bond donors (Lipinski definition) is 3. The molecule has 0 aliphatic carbocycles. The Morgan fingerprint density at radius 1 is 0.939 bits per heavy atom. The lowest BCUT2D eigenvalue weighted by Gasteiger charge is -2.54. The first kappa shape index (κ1) is 27.2. The number of piperidine rings is 1. The second-order valence-electron chi connectivity index (χ2n) is 7.16. The molecule has 5 atom stereocenters. The Balaban J connectivity index is 3.00. The molecule has 0 amide bonds. The summed E-state index contributed by atoms with van der Waals surface area (Å²) in [7, 11) is 0. The minimum absolute atomic E-state index is 0.429. The third kappa shape index (κ3) is 4.63. The molecule has 7 nitrogen and oxygen atoms in total. The molecular weight excluding hydrogens is 488 g/mol. The summed E-state index contributed by atoms with van der Waals surface area (Å²) in [5.41, 5.74) is -9.92. The summed E-state index contributed by atoms with van der Waals surface area (Å²) in [5.74, 6) is -11.8. The Bertz CT molecular complexity index is 848. The van der Waals surface area contributed by atoms with Gasteiger partial charge in [0.2, 0.25) is 11.4 Å². The van der Waals surface area contributed by atoms with Crippen molar-refractivity contribution in [1.82, 2.24) is 5.32 Å². The van der Waals surface area contributed by atoms with E-state index in [-0.39, 0.29) is 0 Å². The molecule has 1 saturated heterocycles. The number of esters is 2. The largest absolute Gasteiger partial charge is 0.466 e. The highest BCUT2D eigenvalue weighted by atomic mass is 35.5. The van der Waals surface area contributed by atoms with Crippen LogP contribution in [0.15, 0.2) is 24.3 Å². The van der Waals surface area contributed by atoms with Crippen molar-refractivity contribution in [1.29, 1.82) is 0 Å². The van der Waals surface area contributed by atoms with Gasteiger partial charge in [0, 0.05) is 10.9 Å². The number of carbonyl (C=O) groups excluding carboxylic acids is 2. The second kappa shape index (κ2) is 9.28. The summed E-state index contributed by atoms with van der Waals surface area (Å²) >= 11 is 6.02. The minimum atomic E-state index is -5.96. The van der Waals surface area contributed by atoms with Gasteiger partial charge in [-0.1, -0.05) is 29.8 Å². The molecule has 1 aliphatic rings. The highest BCUT2D eigenvalue weighted by molar-refractivity contribution is 6.31. The van der Waals surface area contributed by atoms with Crippen LogP contribution in [-0.4, -0.2) is 59.2 Å². The first-order valence-electron chi connectivity index (χ1n) is 9.52. The van der Waals surface area contributed by atoms with E-state index in [2.05, 4.69) is 9.47 Å². The smallest absolute Gasteiger partial charge is 0.432 e. The predicted octanol–water partition coefficient (Wildman–Crippen LogP) is 2.89. The maximum atomic E-state index is 14.0. The average molecular weight is 508 g/mol. The van der Waals surface area contributed by atoms with Crippen LogP contribution >= 0.6 is 11.6 Å². The summed E-state index contributed by atoms with van der Waals surface area (Å²) in [6.45, 7) is 1.40. The summed E-state index contributed by atoms with van der Waals surface area (Å²) in [5, 5.41) is 21.3. The number of carbonyl (C=O) groups is 2. The van der Waals surface area contributed by atoms with Gasteiger partial charge in [-0.2, -0.15) is 26.3 Å². The summed E-state index contributed by atoms with van der Waals surface area (Å²) in [6.07, 6.45) is -11.9. The molecule has 3 N–H and O–H groups in total. The van der Waals surface area contributed by atoms with Crippen molar-refractivity contribution >= 4 is 23.5 Å². The second-order valence-corrected chi connectivity index (χ2v) is 7.57. The van der Waals surface area contributed by atoms with Gasteiger partial charge in [-0.25, -0.2) is 5.32 Å². The lowest BCUT2D eigenvalue weighted by Crippen LogP contribution is -2.81. The Kier molecular flexibility index (Phi) is 7.63. The molecule has 1 fully saturated rings. The number of ether oxygens (including phenoxy) is 2. The van der Waals surface area contributed by atoms with Gasteiger partial charge in [0.05, 0.1) is 13.2 Å². The number of nitrogens with one attached hydrogen (secondary N) is 1. The maximum Gasteiger partial charge on any atom is 0.432 e. The van der Waals surface area contributed by atoms with E-state index in [4.69, 9.17) is 11.6 Å². The molecule has 14 heteroatoms. The van der Waals surface area contributed by atoms with Gasteiger partial charge in [0.15, 0.2) is 0 Å². The number of alkyl halides is 6. The van der Waals surface area contributed by atoms with E-state index in [0.717, 1.165) is 12.1 Å². The minimum Gasteiger partial charge on any atom is -0.466 e. The van der Waals surface area contributed by atoms with Crippen LogP contribution in [0.4, 0.5) is 26.3 Å². The first-order chi connectivity index (χ1) is 15.1. The van der Waals surface area contributed by atoms with Crippen molar-refractivity contribution in [3.8, 4) is 0 Å². The predicted molar refractivity (Wildman–Crippen MR) is 99.6 cm³/mol. The summed E-state index contributed by atoms with van der Waals surface area (Å²) < 4.78 is 93.4. The molecule has 186 valence electrons. The van der Waals surface area contributed by atoms with Crippen molar-refractivity contribution in [3.63, 3.8) is 0 Å². The molecule has 33 heavy (non-hydrogen) atoms. The molecule has 1 aromatic carbocycles. The van der Waals surface area contributed by atoms with E-state index in [9.17, 15) is 46.1 Å². The Hall–Kier alpha value is -2.09. The topological polar surface area (TPSA) is 105 Å². The van der Waals surface area contributed by atoms with E-state index in [1.807, 2.05) is 0 Å². The number of halogens is 7. The molecule has 1 aliphatic heterocycles. The molecule has 2 rings (SSSR count). The zero-order valence-electron chi connectivity index (χ0n) is 17.1. The zero-order chi connectivity index (χ0) is 25.4. The fourth-order valence-corrected chi connectivity index (χ4v) is 4.12. The number of rotatable bonds is 5. The lowest BCUT2D eigenvalue weighted by molar-refractivity contribution is -0.376. The van der Waals surface area contributed by atoms with E-state index < -0.39 is 77.3 Å². The molecular formula is C19H20ClF6NO6. The van der Waals surface area contributed by atoms with Gasteiger partial charge in [-0.05, 0) is 25.5 Å².